The van der Waals surface area contributed by atoms with Gasteiger partial charge in [0.25, 0.3) is 0 Å². The van der Waals surface area contributed by atoms with Crippen LogP contribution in [0.3, 0.4) is 0 Å². The summed E-state index contributed by atoms with van der Waals surface area (Å²) in [5.74, 6) is 0.0575. The molecule has 0 saturated heterocycles. The molecular weight excluding hydrogens is 212 g/mol. The number of hydrogen-bond donors (Lipinski definition) is 0. The van der Waals surface area contributed by atoms with E-state index < -0.39 is 5.41 Å². The van der Waals surface area contributed by atoms with E-state index in [2.05, 4.69) is 12.6 Å². The van der Waals surface area contributed by atoms with Gasteiger partial charge in [-0.15, -0.1) is 6.58 Å². The van der Waals surface area contributed by atoms with Crippen LogP contribution in [-0.2, 0) is 4.79 Å². The van der Waals surface area contributed by atoms with Gasteiger partial charge in [0.15, 0.2) is 0 Å². The molecule has 0 heterocycles. The molecular formula is C14H20N2O. The summed E-state index contributed by atoms with van der Waals surface area (Å²) in [6.45, 7) is 4.30. The van der Waals surface area contributed by atoms with Crippen LogP contribution in [0.15, 0.2) is 12.7 Å². The zero-order chi connectivity index (χ0) is 12.3. The highest BCUT2D eigenvalue weighted by Gasteiger charge is 2.45. The van der Waals surface area contributed by atoms with Crippen LogP contribution >= 0.6 is 0 Å². The summed E-state index contributed by atoms with van der Waals surface area (Å²) in [5, 5.41) is 9.41. The van der Waals surface area contributed by atoms with Crippen LogP contribution in [0.4, 0.5) is 0 Å². The Balaban J connectivity index is 2.14. The van der Waals surface area contributed by atoms with Gasteiger partial charge in [0.2, 0.25) is 5.91 Å². The van der Waals surface area contributed by atoms with Gasteiger partial charge in [-0.3, -0.25) is 4.79 Å². The zero-order valence-electron chi connectivity index (χ0n) is 10.3. The van der Waals surface area contributed by atoms with Gasteiger partial charge in [0.05, 0.1) is 6.07 Å². The molecule has 0 radical (unpaired) electrons. The van der Waals surface area contributed by atoms with Crippen molar-refractivity contribution in [1.82, 2.24) is 4.90 Å². The monoisotopic (exact) mass is 232 g/mol. The lowest BCUT2D eigenvalue weighted by Crippen LogP contribution is -2.45. The maximum atomic E-state index is 12.6. The lowest BCUT2D eigenvalue weighted by molar-refractivity contribution is -0.140. The Morgan fingerprint density at radius 1 is 1.41 bits per heavy atom. The molecule has 0 bridgehead atoms. The van der Waals surface area contributed by atoms with E-state index >= 15 is 0 Å². The minimum absolute atomic E-state index is 0.0575. The number of hydrogen-bond acceptors (Lipinski definition) is 2. The average Bonchev–Trinajstić information content (AvgIpc) is 3.20. The fourth-order valence-electron chi connectivity index (χ4n) is 2.73. The van der Waals surface area contributed by atoms with Gasteiger partial charge in [-0.25, -0.2) is 0 Å². The predicted octanol–water partition coefficient (Wildman–Crippen LogP) is 2.64. The van der Waals surface area contributed by atoms with E-state index in [0.717, 1.165) is 44.9 Å². The highest BCUT2D eigenvalue weighted by atomic mass is 16.2. The third-order valence-electron chi connectivity index (χ3n) is 3.90. The molecule has 0 aromatic heterocycles. The second kappa shape index (κ2) is 4.91. The first kappa shape index (κ1) is 12.2. The number of amides is 1. The van der Waals surface area contributed by atoms with Crippen molar-refractivity contribution in [3.8, 4) is 6.07 Å². The molecule has 0 N–H and O–H groups in total. The van der Waals surface area contributed by atoms with Crippen LogP contribution in [0.25, 0.3) is 0 Å². The first-order valence-corrected chi connectivity index (χ1v) is 6.57. The Bertz CT molecular complexity index is 346. The van der Waals surface area contributed by atoms with Crippen molar-refractivity contribution < 1.29 is 4.79 Å². The maximum Gasteiger partial charge on any atom is 0.243 e. The molecule has 3 heteroatoms. The summed E-state index contributed by atoms with van der Waals surface area (Å²) in [7, 11) is 0. The molecule has 2 rings (SSSR count). The third-order valence-corrected chi connectivity index (χ3v) is 3.90. The van der Waals surface area contributed by atoms with E-state index in [1.54, 1.807) is 6.08 Å². The normalized spacial score (nSPS) is 22.5. The summed E-state index contributed by atoms with van der Waals surface area (Å²) >= 11 is 0. The van der Waals surface area contributed by atoms with Crippen LogP contribution < -0.4 is 0 Å². The Morgan fingerprint density at radius 2 is 2.06 bits per heavy atom. The fraction of sp³-hybridized carbons (Fsp3) is 0.714. The largest absolute Gasteiger partial charge is 0.335 e. The minimum Gasteiger partial charge on any atom is -0.335 e. The van der Waals surface area contributed by atoms with Gasteiger partial charge >= 0.3 is 0 Å². The SMILES string of the molecule is C=CCN(C(=O)C1(C#N)CCCCC1)C1CC1. The molecule has 17 heavy (non-hydrogen) atoms. The van der Waals surface area contributed by atoms with Crippen molar-refractivity contribution in [2.24, 2.45) is 5.41 Å². The van der Waals surface area contributed by atoms with Crippen molar-refractivity contribution >= 4 is 5.91 Å². The highest BCUT2D eigenvalue weighted by molar-refractivity contribution is 5.86. The van der Waals surface area contributed by atoms with E-state index in [4.69, 9.17) is 0 Å². The number of rotatable bonds is 4. The van der Waals surface area contributed by atoms with Crippen LogP contribution in [0.1, 0.15) is 44.9 Å². The molecule has 2 saturated carbocycles. The van der Waals surface area contributed by atoms with Crippen molar-refractivity contribution in [2.75, 3.05) is 6.54 Å². The molecule has 0 aromatic rings. The van der Waals surface area contributed by atoms with E-state index in [1.165, 1.54) is 0 Å². The van der Waals surface area contributed by atoms with Crippen LogP contribution in [0.2, 0.25) is 0 Å². The smallest absolute Gasteiger partial charge is 0.243 e. The molecule has 0 aromatic carbocycles. The van der Waals surface area contributed by atoms with Crippen molar-refractivity contribution in [3.05, 3.63) is 12.7 Å². The van der Waals surface area contributed by atoms with Gasteiger partial charge in [0.1, 0.15) is 5.41 Å². The second-order valence-electron chi connectivity index (χ2n) is 5.23. The number of nitrogens with zero attached hydrogens (tertiary/aromatic N) is 2. The Hall–Kier alpha value is -1.30. The molecule has 0 spiro atoms. The maximum absolute atomic E-state index is 12.6. The Labute approximate surface area is 103 Å². The third kappa shape index (κ3) is 2.36. The summed E-state index contributed by atoms with van der Waals surface area (Å²) < 4.78 is 0. The first-order valence-electron chi connectivity index (χ1n) is 6.57. The average molecular weight is 232 g/mol. The van der Waals surface area contributed by atoms with Crippen LogP contribution in [0, 0.1) is 16.7 Å². The number of carbonyl (C=O) groups excluding carboxylic acids is 1. The molecule has 2 aliphatic rings. The quantitative estimate of drug-likeness (QED) is 0.699. The topological polar surface area (TPSA) is 44.1 Å². The predicted molar refractivity (Wildman–Crippen MR) is 66.1 cm³/mol. The highest BCUT2D eigenvalue weighted by Crippen LogP contribution is 2.40. The van der Waals surface area contributed by atoms with Gasteiger partial charge < -0.3 is 4.90 Å². The fourth-order valence-corrected chi connectivity index (χ4v) is 2.73. The Kier molecular flexibility index (Phi) is 3.51. The second-order valence-corrected chi connectivity index (χ2v) is 5.23. The van der Waals surface area contributed by atoms with Crippen molar-refractivity contribution in [1.29, 1.82) is 5.26 Å². The Morgan fingerprint density at radius 3 is 2.53 bits per heavy atom. The summed E-state index contributed by atoms with van der Waals surface area (Å²) in [6, 6.07) is 2.68. The van der Waals surface area contributed by atoms with Gasteiger partial charge in [0, 0.05) is 12.6 Å². The minimum atomic E-state index is -0.732. The molecule has 2 fully saturated rings. The lowest BCUT2D eigenvalue weighted by Gasteiger charge is -2.34. The summed E-state index contributed by atoms with van der Waals surface area (Å²) in [5.41, 5.74) is -0.732. The molecule has 2 aliphatic carbocycles. The van der Waals surface area contributed by atoms with Crippen molar-refractivity contribution in [3.63, 3.8) is 0 Å². The van der Waals surface area contributed by atoms with Gasteiger partial charge in [-0.1, -0.05) is 25.3 Å². The van der Waals surface area contributed by atoms with E-state index in [1.807, 2.05) is 4.90 Å². The van der Waals surface area contributed by atoms with Crippen LogP contribution in [-0.4, -0.2) is 23.4 Å². The standard InChI is InChI=1S/C14H20N2O/c1-2-10-16(12-6-7-12)13(17)14(11-15)8-4-3-5-9-14/h2,12H,1,3-10H2. The number of carbonyl (C=O) groups is 1. The molecule has 1 amide bonds. The molecule has 0 atom stereocenters. The number of nitriles is 1. The first-order chi connectivity index (χ1) is 8.23. The van der Waals surface area contributed by atoms with E-state index in [-0.39, 0.29) is 5.91 Å². The molecule has 0 aliphatic heterocycles. The summed E-state index contributed by atoms with van der Waals surface area (Å²) in [4.78, 5) is 14.5. The zero-order valence-corrected chi connectivity index (χ0v) is 10.3. The molecule has 92 valence electrons. The van der Waals surface area contributed by atoms with Gasteiger partial charge in [-0.2, -0.15) is 5.26 Å². The van der Waals surface area contributed by atoms with Gasteiger partial charge in [-0.05, 0) is 25.7 Å². The van der Waals surface area contributed by atoms with Crippen molar-refractivity contribution in [2.45, 2.75) is 51.0 Å². The lowest BCUT2D eigenvalue weighted by atomic mass is 9.74. The van der Waals surface area contributed by atoms with E-state index in [9.17, 15) is 10.1 Å². The molecule has 0 unspecified atom stereocenters. The molecule has 3 nitrogen and oxygen atoms in total. The van der Waals surface area contributed by atoms with Crippen LogP contribution in [0.5, 0.6) is 0 Å². The summed E-state index contributed by atoms with van der Waals surface area (Å²) in [6.07, 6.45) is 8.58. The van der Waals surface area contributed by atoms with E-state index in [0.29, 0.717) is 12.6 Å².